The summed E-state index contributed by atoms with van der Waals surface area (Å²) in [5, 5.41) is 0. The van der Waals surface area contributed by atoms with Gasteiger partial charge in [0.2, 0.25) is 0 Å². The van der Waals surface area contributed by atoms with Gasteiger partial charge in [-0.1, -0.05) is 233 Å². The van der Waals surface area contributed by atoms with E-state index >= 15 is 0 Å². The van der Waals surface area contributed by atoms with Crippen LogP contribution in [0.4, 0.5) is 0 Å². The number of hydrogen-bond donors (Lipinski definition) is 0. The van der Waals surface area contributed by atoms with E-state index in [1.165, 1.54) is 212 Å². The Kier molecular flexibility index (Phi) is 44.1. The Bertz CT molecular complexity index is 497. The SMILES string of the molecule is CCCCCCCCCCCCCCCCCCO[SiH](OCCCCCCCCCCCCCCCCCC)OOCCCCCC. The van der Waals surface area contributed by atoms with Crippen LogP contribution in [0.1, 0.15) is 252 Å². The average molecular weight is 685 g/mol. The first kappa shape index (κ1) is 47.1. The van der Waals surface area contributed by atoms with Gasteiger partial charge >= 0.3 is 9.53 Å². The summed E-state index contributed by atoms with van der Waals surface area (Å²) in [7, 11) is -2.20. The highest BCUT2D eigenvalue weighted by Crippen LogP contribution is 2.15. The maximum absolute atomic E-state index is 6.09. The average Bonchev–Trinajstić information content (AvgIpc) is 3.08. The lowest BCUT2D eigenvalue weighted by Crippen LogP contribution is -2.28. The molecular formula is C42H88O4Si. The molecule has 0 rings (SSSR count). The van der Waals surface area contributed by atoms with E-state index in [0.29, 0.717) is 6.61 Å². The maximum Gasteiger partial charge on any atom is 0.513 e. The largest absolute Gasteiger partial charge is 0.513 e. The third kappa shape index (κ3) is 42.1. The minimum absolute atomic E-state index is 0.647. The Labute approximate surface area is 298 Å². The molecule has 0 aromatic heterocycles. The Morgan fingerprint density at radius 1 is 0.255 bits per heavy atom. The van der Waals surface area contributed by atoms with Crippen molar-refractivity contribution in [2.24, 2.45) is 0 Å². The minimum Gasteiger partial charge on any atom is -0.375 e. The summed E-state index contributed by atoms with van der Waals surface area (Å²) in [6, 6.07) is 0. The maximum atomic E-state index is 6.09. The summed E-state index contributed by atoms with van der Waals surface area (Å²) < 4.78 is 17.8. The van der Waals surface area contributed by atoms with E-state index in [4.69, 9.17) is 18.3 Å². The predicted molar refractivity (Wildman–Crippen MR) is 209 cm³/mol. The third-order valence-electron chi connectivity index (χ3n) is 9.73. The molecule has 0 radical (unpaired) electrons. The normalized spacial score (nSPS) is 11.7. The van der Waals surface area contributed by atoms with Gasteiger partial charge in [0, 0.05) is 13.2 Å². The van der Waals surface area contributed by atoms with Crippen LogP contribution in [0.15, 0.2) is 0 Å². The molecule has 0 aliphatic rings. The van der Waals surface area contributed by atoms with Gasteiger partial charge in [0.15, 0.2) is 0 Å². The van der Waals surface area contributed by atoms with Gasteiger partial charge in [0.05, 0.1) is 6.61 Å². The molecule has 0 amide bonds. The summed E-state index contributed by atoms with van der Waals surface area (Å²) in [5.74, 6) is 0. The standard InChI is InChI=1S/C42H88O4Si/c1-4-7-10-13-15-17-19-21-23-25-27-29-31-33-35-38-41-44-47(46-43-40-37-12-9-6-3)45-42-39-36-34-32-30-28-26-24-22-20-18-16-14-11-8-5-2/h47H,4-42H2,1-3H3. The van der Waals surface area contributed by atoms with Gasteiger partial charge in [0.25, 0.3) is 0 Å². The Balaban J connectivity index is 3.70. The third-order valence-corrected chi connectivity index (χ3v) is 11.0. The van der Waals surface area contributed by atoms with Gasteiger partial charge in [-0.15, -0.1) is 0 Å². The zero-order valence-electron chi connectivity index (χ0n) is 32.8. The first-order chi connectivity index (χ1) is 23.3. The lowest BCUT2D eigenvalue weighted by molar-refractivity contribution is -0.241. The van der Waals surface area contributed by atoms with Crippen LogP contribution in [-0.4, -0.2) is 29.3 Å². The molecule has 0 saturated carbocycles. The van der Waals surface area contributed by atoms with Crippen molar-refractivity contribution in [2.45, 2.75) is 252 Å². The van der Waals surface area contributed by atoms with Crippen molar-refractivity contribution in [1.29, 1.82) is 0 Å². The molecule has 0 spiro atoms. The van der Waals surface area contributed by atoms with Crippen LogP contribution < -0.4 is 0 Å². The minimum atomic E-state index is -2.20. The van der Waals surface area contributed by atoms with Crippen LogP contribution in [0.25, 0.3) is 0 Å². The zero-order valence-corrected chi connectivity index (χ0v) is 33.9. The highest BCUT2D eigenvalue weighted by Gasteiger charge is 2.17. The second kappa shape index (κ2) is 44.1. The molecule has 47 heavy (non-hydrogen) atoms. The molecule has 0 fully saturated rings. The van der Waals surface area contributed by atoms with E-state index < -0.39 is 9.53 Å². The Morgan fingerprint density at radius 3 is 0.745 bits per heavy atom. The molecule has 0 unspecified atom stereocenters. The van der Waals surface area contributed by atoms with Crippen molar-refractivity contribution >= 4 is 9.53 Å². The van der Waals surface area contributed by atoms with Crippen molar-refractivity contribution in [3.05, 3.63) is 0 Å². The van der Waals surface area contributed by atoms with Crippen molar-refractivity contribution < 1.29 is 18.3 Å². The quantitative estimate of drug-likeness (QED) is 0.0277. The molecule has 0 aliphatic heterocycles. The molecule has 0 aromatic rings. The predicted octanol–water partition coefficient (Wildman–Crippen LogP) is 14.8. The first-order valence-electron chi connectivity index (χ1n) is 21.9. The van der Waals surface area contributed by atoms with Crippen LogP contribution in [0.3, 0.4) is 0 Å². The summed E-state index contributed by atoms with van der Waals surface area (Å²) in [6.45, 7) is 8.97. The van der Waals surface area contributed by atoms with Crippen LogP contribution in [-0.2, 0) is 18.3 Å². The van der Waals surface area contributed by atoms with Gasteiger partial charge in [0.1, 0.15) is 0 Å². The van der Waals surface area contributed by atoms with Crippen molar-refractivity contribution in [2.75, 3.05) is 19.8 Å². The molecule has 0 N–H and O–H groups in total. The summed E-state index contributed by atoms with van der Waals surface area (Å²) in [4.78, 5) is 5.52. The number of hydrogen-bond acceptors (Lipinski definition) is 4. The van der Waals surface area contributed by atoms with Gasteiger partial charge in [-0.2, -0.15) is 0 Å². The lowest BCUT2D eigenvalue weighted by Gasteiger charge is -2.16. The van der Waals surface area contributed by atoms with Crippen LogP contribution >= 0.6 is 0 Å². The number of rotatable bonds is 43. The van der Waals surface area contributed by atoms with E-state index in [0.717, 1.165) is 32.5 Å². The van der Waals surface area contributed by atoms with Crippen molar-refractivity contribution in [3.8, 4) is 0 Å². The topological polar surface area (TPSA) is 36.9 Å². The molecule has 4 nitrogen and oxygen atoms in total. The fraction of sp³-hybridized carbons (Fsp3) is 1.00. The molecule has 0 aliphatic carbocycles. The highest BCUT2D eigenvalue weighted by atomic mass is 28.3. The summed E-state index contributed by atoms with van der Waals surface area (Å²) in [5.41, 5.74) is 0. The molecule has 284 valence electrons. The highest BCUT2D eigenvalue weighted by molar-refractivity contribution is 6.35. The van der Waals surface area contributed by atoms with Gasteiger partial charge in [-0.25, -0.2) is 9.46 Å². The lowest BCUT2D eigenvalue weighted by atomic mass is 10.0. The molecule has 0 aromatic carbocycles. The van der Waals surface area contributed by atoms with Crippen molar-refractivity contribution in [1.82, 2.24) is 0 Å². The van der Waals surface area contributed by atoms with Gasteiger partial charge in [-0.3, -0.25) is 0 Å². The fourth-order valence-electron chi connectivity index (χ4n) is 6.45. The second-order valence-electron chi connectivity index (χ2n) is 14.6. The molecule has 0 bridgehead atoms. The molecule has 5 heteroatoms. The van der Waals surface area contributed by atoms with Crippen LogP contribution in [0.2, 0.25) is 0 Å². The van der Waals surface area contributed by atoms with E-state index in [-0.39, 0.29) is 0 Å². The van der Waals surface area contributed by atoms with E-state index in [2.05, 4.69) is 20.8 Å². The van der Waals surface area contributed by atoms with E-state index in [1.807, 2.05) is 0 Å². The van der Waals surface area contributed by atoms with E-state index in [1.54, 1.807) is 0 Å². The monoisotopic (exact) mass is 685 g/mol. The Hall–Kier alpha value is 0.0569. The molecule has 0 heterocycles. The summed E-state index contributed by atoms with van der Waals surface area (Å²) in [6.07, 6.45) is 49.1. The number of unbranched alkanes of at least 4 members (excludes halogenated alkanes) is 33. The second-order valence-corrected chi connectivity index (χ2v) is 16.1. The van der Waals surface area contributed by atoms with Crippen LogP contribution in [0, 0.1) is 0 Å². The van der Waals surface area contributed by atoms with E-state index in [9.17, 15) is 0 Å². The Morgan fingerprint density at radius 2 is 0.468 bits per heavy atom. The van der Waals surface area contributed by atoms with Crippen LogP contribution in [0.5, 0.6) is 0 Å². The van der Waals surface area contributed by atoms with Gasteiger partial charge in [-0.05, 0) is 19.3 Å². The smallest absolute Gasteiger partial charge is 0.375 e. The first-order valence-corrected chi connectivity index (χ1v) is 23.3. The molecule has 0 saturated heterocycles. The summed E-state index contributed by atoms with van der Waals surface area (Å²) >= 11 is 0. The fourth-order valence-corrected chi connectivity index (χ4v) is 7.59. The van der Waals surface area contributed by atoms with Crippen molar-refractivity contribution in [3.63, 3.8) is 0 Å². The molecular weight excluding hydrogens is 597 g/mol. The van der Waals surface area contributed by atoms with Gasteiger partial charge < -0.3 is 8.85 Å². The zero-order chi connectivity index (χ0) is 34.0. The molecule has 0 atom stereocenters.